The van der Waals surface area contributed by atoms with E-state index in [-0.39, 0.29) is 5.41 Å². The molecular formula is C14H17NO2. The van der Waals surface area contributed by atoms with Gasteiger partial charge in [0.2, 0.25) is 0 Å². The number of carboxylic acid groups (broad SMARTS) is 1. The Hall–Kier alpha value is -1.35. The number of hydrogen-bond donors (Lipinski definition) is 2. The Labute approximate surface area is 101 Å². The van der Waals surface area contributed by atoms with Gasteiger partial charge in [-0.2, -0.15) is 0 Å². The Bertz CT molecular complexity index is 465. The van der Waals surface area contributed by atoms with Crippen LogP contribution in [0.3, 0.4) is 0 Å². The summed E-state index contributed by atoms with van der Waals surface area (Å²) >= 11 is 0. The quantitative estimate of drug-likeness (QED) is 0.835. The van der Waals surface area contributed by atoms with Gasteiger partial charge < -0.3 is 10.8 Å². The van der Waals surface area contributed by atoms with Crippen molar-refractivity contribution >= 4 is 5.97 Å². The van der Waals surface area contributed by atoms with Crippen molar-refractivity contribution in [3.8, 4) is 0 Å². The van der Waals surface area contributed by atoms with E-state index in [0.717, 1.165) is 25.7 Å². The number of carboxylic acids is 1. The van der Waals surface area contributed by atoms with Gasteiger partial charge in [-0.3, -0.25) is 4.79 Å². The zero-order chi connectivity index (χ0) is 12.0. The van der Waals surface area contributed by atoms with Crippen LogP contribution < -0.4 is 5.73 Å². The highest BCUT2D eigenvalue weighted by Gasteiger charge is 2.57. The lowest BCUT2D eigenvalue weighted by Gasteiger charge is -2.27. The number of aliphatic carboxylic acids is 1. The fourth-order valence-corrected chi connectivity index (χ4v) is 3.42. The molecule has 0 aliphatic heterocycles. The molecule has 3 heteroatoms. The van der Waals surface area contributed by atoms with E-state index in [4.69, 9.17) is 10.8 Å². The highest BCUT2D eigenvalue weighted by Crippen LogP contribution is 2.61. The standard InChI is InChI=1S/C14H17NO2/c15-12(13(16)17)14(7-8-14)11-6-5-9-3-1-2-4-10(9)11/h1-4,11-12H,5-8,15H2,(H,16,17). The Morgan fingerprint density at radius 1 is 1.41 bits per heavy atom. The van der Waals surface area contributed by atoms with Crippen LogP contribution in [0.2, 0.25) is 0 Å². The SMILES string of the molecule is NC(C(=O)O)C1(C2CCc3ccccc32)CC1. The second-order valence-corrected chi connectivity index (χ2v) is 5.34. The molecule has 2 unspecified atom stereocenters. The minimum atomic E-state index is -0.855. The lowest BCUT2D eigenvalue weighted by molar-refractivity contribution is -0.140. The van der Waals surface area contributed by atoms with Gasteiger partial charge in [0.1, 0.15) is 6.04 Å². The molecule has 0 amide bonds. The van der Waals surface area contributed by atoms with E-state index in [2.05, 4.69) is 18.2 Å². The van der Waals surface area contributed by atoms with Gasteiger partial charge in [-0.25, -0.2) is 0 Å². The molecule has 0 spiro atoms. The molecule has 3 N–H and O–H groups in total. The smallest absolute Gasteiger partial charge is 0.321 e. The number of carbonyl (C=O) groups is 1. The summed E-state index contributed by atoms with van der Waals surface area (Å²) in [5.41, 5.74) is 8.44. The third-order valence-electron chi connectivity index (χ3n) is 4.54. The summed E-state index contributed by atoms with van der Waals surface area (Å²) in [4.78, 5) is 11.1. The Balaban J connectivity index is 1.95. The number of rotatable bonds is 3. The monoisotopic (exact) mass is 231 g/mol. The van der Waals surface area contributed by atoms with Gasteiger partial charge in [-0.1, -0.05) is 24.3 Å². The van der Waals surface area contributed by atoms with E-state index >= 15 is 0 Å². The topological polar surface area (TPSA) is 63.3 Å². The average Bonchev–Trinajstić information content (AvgIpc) is 3.02. The van der Waals surface area contributed by atoms with Crippen molar-refractivity contribution in [3.63, 3.8) is 0 Å². The van der Waals surface area contributed by atoms with Crippen LogP contribution in [0.5, 0.6) is 0 Å². The molecule has 2 aliphatic carbocycles. The molecule has 90 valence electrons. The van der Waals surface area contributed by atoms with Crippen LogP contribution in [-0.4, -0.2) is 17.1 Å². The summed E-state index contributed by atoms with van der Waals surface area (Å²) in [5, 5.41) is 9.14. The zero-order valence-corrected chi connectivity index (χ0v) is 9.73. The molecule has 0 saturated heterocycles. The molecule has 1 aromatic carbocycles. The van der Waals surface area contributed by atoms with Gasteiger partial charge in [0.05, 0.1) is 0 Å². The molecule has 3 nitrogen and oxygen atoms in total. The molecular weight excluding hydrogens is 214 g/mol. The molecule has 0 bridgehead atoms. The summed E-state index contributed by atoms with van der Waals surface area (Å²) in [7, 11) is 0. The van der Waals surface area contributed by atoms with Crippen molar-refractivity contribution in [3.05, 3.63) is 35.4 Å². The molecule has 3 rings (SSSR count). The van der Waals surface area contributed by atoms with Gasteiger partial charge in [0.25, 0.3) is 0 Å². The summed E-state index contributed by atoms with van der Waals surface area (Å²) < 4.78 is 0. The number of hydrogen-bond acceptors (Lipinski definition) is 2. The largest absolute Gasteiger partial charge is 0.480 e. The third kappa shape index (κ3) is 1.49. The summed E-state index contributed by atoms with van der Waals surface area (Å²) in [6.45, 7) is 0. The lowest BCUT2D eigenvalue weighted by atomic mass is 9.79. The molecule has 0 radical (unpaired) electrons. The molecule has 1 saturated carbocycles. The number of aryl methyl sites for hydroxylation is 1. The first-order valence-electron chi connectivity index (χ1n) is 6.21. The highest BCUT2D eigenvalue weighted by molar-refractivity contribution is 5.75. The van der Waals surface area contributed by atoms with Crippen LogP contribution in [-0.2, 0) is 11.2 Å². The average molecular weight is 231 g/mol. The minimum absolute atomic E-state index is 0.168. The maximum absolute atomic E-state index is 11.1. The first-order valence-corrected chi connectivity index (χ1v) is 6.21. The second-order valence-electron chi connectivity index (χ2n) is 5.34. The first-order chi connectivity index (χ1) is 8.15. The van der Waals surface area contributed by atoms with Crippen LogP contribution >= 0.6 is 0 Å². The second kappa shape index (κ2) is 3.57. The Kier molecular flexibility index (Phi) is 2.26. The van der Waals surface area contributed by atoms with Crippen LogP contribution in [0.4, 0.5) is 0 Å². The molecule has 1 fully saturated rings. The fraction of sp³-hybridized carbons (Fsp3) is 0.500. The summed E-state index contributed by atoms with van der Waals surface area (Å²) in [6.07, 6.45) is 4.04. The van der Waals surface area contributed by atoms with Crippen molar-refractivity contribution in [2.75, 3.05) is 0 Å². The van der Waals surface area contributed by atoms with Gasteiger partial charge in [0, 0.05) is 5.41 Å². The predicted octanol–water partition coefficient (Wildman–Crippen LogP) is 1.91. The highest BCUT2D eigenvalue weighted by atomic mass is 16.4. The number of nitrogens with two attached hydrogens (primary N) is 1. The predicted molar refractivity (Wildman–Crippen MR) is 64.8 cm³/mol. The van der Waals surface area contributed by atoms with Crippen LogP contribution in [0, 0.1) is 5.41 Å². The summed E-state index contributed by atoms with van der Waals surface area (Å²) in [6, 6.07) is 7.68. The maximum atomic E-state index is 11.1. The maximum Gasteiger partial charge on any atom is 0.321 e. The molecule has 1 aromatic rings. The normalized spacial score (nSPS) is 26.3. The van der Waals surface area contributed by atoms with Crippen LogP contribution in [0.25, 0.3) is 0 Å². The molecule has 2 atom stereocenters. The van der Waals surface area contributed by atoms with Crippen molar-refractivity contribution in [1.82, 2.24) is 0 Å². The Morgan fingerprint density at radius 2 is 2.12 bits per heavy atom. The summed E-state index contributed by atoms with van der Waals surface area (Å²) in [5.74, 6) is -0.503. The van der Waals surface area contributed by atoms with Gasteiger partial charge in [-0.05, 0) is 42.7 Å². The third-order valence-corrected chi connectivity index (χ3v) is 4.54. The molecule has 17 heavy (non-hydrogen) atoms. The Morgan fingerprint density at radius 3 is 2.76 bits per heavy atom. The minimum Gasteiger partial charge on any atom is -0.480 e. The first kappa shape index (κ1) is 10.8. The van der Waals surface area contributed by atoms with E-state index < -0.39 is 12.0 Å². The number of benzene rings is 1. The van der Waals surface area contributed by atoms with Crippen LogP contribution in [0.1, 0.15) is 36.3 Å². The van der Waals surface area contributed by atoms with E-state index in [1.54, 1.807) is 0 Å². The molecule has 0 aromatic heterocycles. The number of fused-ring (bicyclic) bond motifs is 1. The van der Waals surface area contributed by atoms with E-state index in [1.807, 2.05) is 6.07 Å². The van der Waals surface area contributed by atoms with Crippen LogP contribution in [0.15, 0.2) is 24.3 Å². The van der Waals surface area contributed by atoms with Crippen molar-refractivity contribution < 1.29 is 9.90 Å². The van der Waals surface area contributed by atoms with Gasteiger partial charge >= 0.3 is 5.97 Å². The van der Waals surface area contributed by atoms with Crippen molar-refractivity contribution in [2.45, 2.75) is 37.6 Å². The fourth-order valence-electron chi connectivity index (χ4n) is 3.42. The zero-order valence-electron chi connectivity index (χ0n) is 9.73. The van der Waals surface area contributed by atoms with E-state index in [9.17, 15) is 4.79 Å². The molecule has 0 heterocycles. The van der Waals surface area contributed by atoms with Crippen molar-refractivity contribution in [1.29, 1.82) is 0 Å². The van der Waals surface area contributed by atoms with Gasteiger partial charge in [-0.15, -0.1) is 0 Å². The van der Waals surface area contributed by atoms with E-state index in [0.29, 0.717) is 5.92 Å². The molecule has 2 aliphatic rings. The van der Waals surface area contributed by atoms with Gasteiger partial charge in [0.15, 0.2) is 0 Å². The van der Waals surface area contributed by atoms with Crippen molar-refractivity contribution in [2.24, 2.45) is 11.1 Å². The lowest BCUT2D eigenvalue weighted by Crippen LogP contribution is -2.42. The van der Waals surface area contributed by atoms with E-state index in [1.165, 1.54) is 11.1 Å².